The fourth-order valence-corrected chi connectivity index (χ4v) is 1.91. The Morgan fingerprint density at radius 2 is 1.75 bits per heavy atom. The Morgan fingerprint density at radius 3 is 2.29 bits per heavy atom. The van der Waals surface area contributed by atoms with Crippen molar-refractivity contribution in [3.05, 3.63) is 35.4 Å². The Balaban J connectivity index is 1.75. The first-order valence-corrected chi connectivity index (χ1v) is 7.19. The molecular formula is C14H18N6O4. The van der Waals surface area contributed by atoms with Crippen molar-refractivity contribution in [3.63, 3.8) is 0 Å². The molecule has 10 heteroatoms. The molecule has 3 N–H and O–H groups in total. The van der Waals surface area contributed by atoms with Gasteiger partial charge in [-0.25, -0.2) is 0 Å². The molecule has 2 aromatic rings. The smallest absolute Gasteiger partial charge is 0.325 e. The Kier molecular flexibility index (Phi) is 5.30. The molecule has 0 radical (unpaired) electrons. The number of amides is 2. The first kappa shape index (κ1) is 17.2. The SMILES string of the molecule is Cc1cc(C(=O)NCCNC(=O)c2ccn(CC(=O)O)n2)nn1C. The average molecular weight is 334 g/mol. The predicted molar refractivity (Wildman–Crippen MR) is 82.5 cm³/mol. The predicted octanol–water partition coefficient (Wildman–Crippen LogP) is -0.831. The summed E-state index contributed by atoms with van der Waals surface area (Å²) in [6.45, 7) is 1.97. The number of nitrogens with one attached hydrogen (secondary N) is 2. The second kappa shape index (κ2) is 7.40. The summed E-state index contributed by atoms with van der Waals surface area (Å²) in [5, 5.41) is 21.8. The van der Waals surface area contributed by atoms with Gasteiger partial charge in [0.2, 0.25) is 0 Å². The van der Waals surface area contributed by atoms with Crippen LogP contribution in [0.5, 0.6) is 0 Å². The van der Waals surface area contributed by atoms with Gasteiger partial charge in [-0.05, 0) is 19.1 Å². The van der Waals surface area contributed by atoms with Gasteiger partial charge in [0, 0.05) is 32.0 Å². The monoisotopic (exact) mass is 334 g/mol. The number of carboxylic acid groups (broad SMARTS) is 1. The molecule has 0 aromatic carbocycles. The molecule has 2 amide bonds. The summed E-state index contributed by atoms with van der Waals surface area (Å²) in [4.78, 5) is 34.3. The van der Waals surface area contributed by atoms with Gasteiger partial charge in [0.05, 0.1) is 0 Å². The van der Waals surface area contributed by atoms with E-state index in [0.29, 0.717) is 5.69 Å². The summed E-state index contributed by atoms with van der Waals surface area (Å²) in [7, 11) is 1.75. The largest absolute Gasteiger partial charge is 0.480 e. The van der Waals surface area contributed by atoms with Crippen molar-refractivity contribution >= 4 is 17.8 Å². The van der Waals surface area contributed by atoms with E-state index in [2.05, 4.69) is 20.8 Å². The van der Waals surface area contributed by atoms with Gasteiger partial charge in [0.1, 0.15) is 17.9 Å². The summed E-state index contributed by atoms with van der Waals surface area (Å²) in [5.74, 6) is -1.81. The summed E-state index contributed by atoms with van der Waals surface area (Å²) >= 11 is 0. The topological polar surface area (TPSA) is 131 Å². The maximum Gasteiger partial charge on any atom is 0.325 e. The average Bonchev–Trinajstić information content (AvgIpc) is 3.10. The van der Waals surface area contributed by atoms with Crippen LogP contribution in [0.2, 0.25) is 0 Å². The van der Waals surface area contributed by atoms with E-state index in [1.54, 1.807) is 17.8 Å². The first-order chi connectivity index (χ1) is 11.4. The Hall–Kier alpha value is -3.17. The van der Waals surface area contributed by atoms with Crippen molar-refractivity contribution in [2.75, 3.05) is 13.1 Å². The van der Waals surface area contributed by atoms with Crippen molar-refractivity contribution in [2.24, 2.45) is 7.05 Å². The Labute approximate surface area is 137 Å². The van der Waals surface area contributed by atoms with Crippen molar-refractivity contribution < 1.29 is 19.5 Å². The van der Waals surface area contributed by atoms with Crippen molar-refractivity contribution in [1.29, 1.82) is 0 Å². The van der Waals surface area contributed by atoms with Gasteiger partial charge in [-0.2, -0.15) is 10.2 Å². The van der Waals surface area contributed by atoms with Crippen molar-refractivity contribution in [1.82, 2.24) is 30.2 Å². The van der Waals surface area contributed by atoms with Crippen LogP contribution in [-0.2, 0) is 18.4 Å². The summed E-state index contributed by atoms with van der Waals surface area (Å²) in [5.41, 5.74) is 1.29. The molecule has 2 aromatic heterocycles. The number of rotatable bonds is 7. The molecule has 2 rings (SSSR count). The second-order valence-electron chi connectivity index (χ2n) is 5.10. The lowest BCUT2D eigenvalue weighted by atomic mass is 10.3. The lowest BCUT2D eigenvalue weighted by Crippen LogP contribution is -2.35. The molecule has 0 atom stereocenters. The van der Waals surface area contributed by atoms with Crippen molar-refractivity contribution in [2.45, 2.75) is 13.5 Å². The minimum atomic E-state index is -1.04. The van der Waals surface area contributed by atoms with Crippen LogP contribution in [0, 0.1) is 6.92 Å². The third-order valence-electron chi connectivity index (χ3n) is 3.21. The second-order valence-corrected chi connectivity index (χ2v) is 5.10. The van der Waals surface area contributed by atoms with E-state index in [-0.39, 0.29) is 31.2 Å². The number of aromatic nitrogens is 4. The van der Waals surface area contributed by atoms with Crippen LogP contribution < -0.4 is 10.6 Å². The summed E-state index contributed by atoms with van der Waals surface area (Å²) in [6.07, 6.45) is 1.41. The van der Waals surface area contributed by atoms with Gasteiger partial charge in [-0.1, -0.05) is 0 Å². The van der Waals surface area contributed by atoms with Crippen LogP contribution in [-0.4, -0.2) is 55.5 Å². The van der Waals surface area contributed by atoms with Gasteiger partial charge in [0.25, 0.3) is 11.8 Å². The van der Waals surface area contributed by atoms with Crippen LogP contribution in [0.4, 0.5) is 0 Å². The lowest BCUT2D eigenvalue weighted by molar-refractivity contribution is -0.137. The molecule has 10 nitrogen and oxygen atoms in total. The molecule has 128 valence electrons. The Morgan fingerprint density at radius 1 is 1.12 bits per heavy atom. The summed E-state index contributed by atoms with van der Waals surface area (Å²) < 4.78 is 2.76. The van der Waals surface area contributed by atoms with Crippen LogP contribution >= 0.6 is 0 Å². The lowest BCUT2D eigenvalue weighted by Gasteiger charge is -2.04. The van der Waals surface area contributed by atoms with E-state index in [4.69, 9.17) is 5.11 Å². The van der Waals surface area contributed by atoms with Gasteiger partial charge in [0.15, 0.2) is 0 Å². The molecule has 0 bridgehead atoms. The zero-order valence-corrected chi connectivity index (χ0v) is 13.3. The molecule has 0 aliphatic rings. The number of carbonyl (C=O) groups excluding carboxylic acids is 2. The molecule has 0 saturated carbocycles. The minimum absolute atomic E-state index is 0.114. The summed E-state index contributed by atoms with van der Waals surface area (Å²) in [6, 6.07) is 3.09. The maximum absolute atomic E-state index is 11.9. The molecule has 0 fully saturated rings. The molecule has 24 heavy (non-hydrogen) atoms. The molecule has 0 saturated heterocycles. The normalized spacial score (nSPS) is 10.4. The molecular weight excluding hydrogens is 316 g/mol. The molecule has 0 spiro atoms. The number of hydrogen-bond acceptors (Lipinski definition) is 5. The van der Waals surface area contributed by atoms with Crippen LogP contribution in [0.15, 0.2) is 18.3 Å². The van der Waals surface area contributed by atoms with E-state index >= 15 is 0 Å². The zero-order valence-electron chi connectivity index (χ0n) is 13.3. The quantitative estimate of drug-likeness (QED) is 0.566. The molecule has 0 aliphatic carbocycles. The molecule has 2 heterocycles. The highest BCUT2D eigenvalue weighted by Crippen LogP contribution is 2.00. The Bertz CT molecular complexity index is 744. The van der Waals surface area contributed by atoms with E-state index in [0.717, 1.165) is 10.4 Å². The van der Waals surface area contributed by atoms with Crippen molar-refractivity contribution in [3.8, 4) is 0 Å². The highest BCUT2D eigenvalue weighted by molar-refractivity contribution is 5.93. The van der Waals surface area contributed by atoms with Gasteiger partial charge in [-0.3, -0.25) is 23.7 Å². The van der Waals surface area contributed by atoms with Crippen LogP contribution in [0.3, 0.4) is 0 Å². The van der Waals surface area contributed by atoms with E-state index < -0.39 is 11.9 Å². The van der Waals surface area contributed by atoms with Gasteiger partial charge in [-0.15, -0.1) is 0 Å². The highest BCUT2D eigenvalue weighted by Gasteiger charge is 2.12. The first-order valence-electron chi connectivity index (χ1n) is 7.19. The third kappa shape index (κ3) is 4.41. The maximum atomic E-state index is 11.9. The number of carboxylic acids is 1. The molecule has 0 unspecified atom stereocenters. The third-order valence-corrected chi connectivity index (χ3v) is 3.21. The number of hydrogen-bond donors (Lipinski definition) is 3. The van der Waals surface area contributed by atoms with E-state index in [9.17, 15) is 14.4 Å². The number of nitrogens with zero attached hydrogens (tertiary/aromatic N) is 4. The van der Waals surface area contributed by atoms with E-state index in [1.165, 1.54) is 12.3 Å². The standard InChI is InChI=1S/C14H18N6O4/c1-9-7-11(17-19(9)2)14(24)16-5-4-15-13(23)10-3-6-20(18-10)8-12(21)22/h3,6-7H,4-5,8H2,1-2H3,(H,15,23)(H,16,24)(H,21,22). The minimum Gasteiger partial charge on any atom is -0.480 e. The highest BCUT2D eigenvalue weighted by atomic mass is 16.4. The van der Waals surface area contributed by atoms with Crippen LogP contribution in [0.1, 0.15) is 26.7 Å². The van der Waals surface area contributed by atoms with E-state index in [1.807, 2.05) is 6.92 Å². The van der Waals surface area contributed by atoms with Crippen LogP contribution in [0.25, 0.3) is 0 Å². The number of aliphatic carboxylic acids is 1. The van der Waals surface area contributed by atoms with Gasteiger partial charge >= 0.3 is 5.97 Å². The zero-order chi connectivity index (χ0) is 17.7. The fourth-order valence-electron chi connectivity index (χ4n) is 1.91. The number of aryl methyl sites for hydroxylation is 2. The number of carbonyl (C=O) groups is 3. The fraction of sp³-hybridized carbons (Fsp3) is 0.357. The van der Waals surface area contributed by atoms with Gasteiger partial charge < -0.3 is 15.7 Å². The molecule has 0 aliphatic heterocycles.